The first-order valence-electron chi connectivity index (χ1n) is 16.2. The van der Waals surface area contributed by atoms with Gasteiger partial charge in [0.1, 0.15) is 12.1 Å². The third-order valence-electron chi connectivity index (χ3n) is 9.96. The molecule has 0 spiro atoms. The van der Waals surface area contributed by atoms with Gasteiger partial charge in [-0.2, -0.15) is 11.3 Å². The van der Waals surface area contributed by atoms with Gasteiger partial charge < -0.3 is 5.11 Å². The van der Waals surface area contributed by atoms with Crippen molar-refractivity contribution in [2.75, 3.05) is 0 Å². The number of aliphatic hydroxyl groups excluding tert-OH is 1. The van der Waals surface area contributed by atoms with E-state index < -0.39 is 0 Å². The molecule has 1 N–H and O–H groups in total. The fraction of sp³-hybridized carbons (Fsp3) is 0.410. The van der Waals surface area contributed by atoms with Gasteiger partial charge in [0.2, 0.25) is 0 Å². The minimum absolute atomic E-state index is 0. The Morgan fingerprint density at radius 2 is 1.51 bits per heavy atom. The summed E-state index contributed by atoms with van der Waals surface area (Å²) in [6, 6.07) is 14.8. The van der Waals surface area contributed by atoms with E-state index in [-0.39, 0.29) is 47.9 Å². The van der Waals surface area contributed by atoms with Crippen LogP contribution in [0.3, 0.4) is 0 Å². The molecule has 0 aliphatic carbocycles. The Hall–Kier alpha value is -2.48. The first-order valence-corrected chi connectivity index (χ1v) is 18.8. The molecule has 0 unspecified atom stereocenters. The number of hydrogen-bond donors (Lipinski definition) is 1. The number of ketones is 1. The molecule has 0 aliphatic heterocycles. The zero-order valence-electron chi connectivity index (χ0n) is 28.8. The summed E-state index contributed by atoms with van der Waals surface area (Å²) in [5.41, 5.74) is 3.89. The van der Waals surface area contributed by atoms with Crippen molar-refractivity contribution in [3.05, 3.63) is 70.9 Å². The van der Waals surface area contributed by atoms with Crippen LogP contribution in [0.1, 0.15) is 93.6 Å². The Bertz CT molecular complexity index is 2050. The van der Waals surface area contributed by atoms with Crippen molar-refractivity contribution < 1.29 is 30.0 Å². The molecule has 4 heterocycles. The Balaban J connectivity index is 0.000000242. The standard InChI is InChI=1S/C24H17N2S3.C15H28O2.Ir/c1-24(2,3)17-10-15(8-14-5-7-28-22(14)17)20-23-21(26-12-25-20)16-9-13-4-6-27-18(13)11-19(16)29-23;1-7-14(5,8-2)12(16)11-13(17)15(6,9-3)10-4;/h4-7,9-12H,1-3H3;11,16H,7-10H2,1-6H3;/q-1;;/b;12-11-;. The Kier molecular flexibility index (Phi) is 11.6. The maximum Gasteiger partial charge on any atom is 0.164 e. The van der Waals surface area contributed by atoms with E-state index in [1.54, 1.807) is 40.3 Å². The van der Waals surface area contributed by atoms with Crippen molar-refractivity contribution in [1.82, 2.24) is 9.97 Å². The predicted molar refractivity (Wildman–Crippen MR) is 202 cm³/mol. The van der Waals surface area contributed by atoms with Crippen LogP contribution in [-0.2, 0) is 30.3 Å². The number of carbonyl (C=O) groups excluding carboxylic acids is 1. The van der Waals surface area contributed by atoms with Crippen molar-refractivity contribution in [1.29, 1.82) is 0 Å². The molecule has 0 aliphatic rings. The van der Waals surface area contributed by atoms with E-state index in [1.807, 2.05) is 41.5 Å². The molecule has 251 valence electrons. The molecule has 2 aromatic carbocycles. The number of allylic oxidation sites excluding steroid dienone is 2. The summed E-state index contributed by atoms with van der Waals surface area (Å²) in [6.45, 7) is 18.9. The van der Waals surface area contributed by atoms with E-state index in [9.17, 15) is 9.90 Å². The van der Waals surface area contributed by atoms with Crippen LogP contribution < -0.4 is 0 Å². The summed E-state index contributed by atoms with van der Waals surface area (Å²) in [7, 11) is 0. The van der Waals surface area contributed by atoms with E-state index in [0.29, 0.717) is 0 Å². The zero-order valence-corrected chi connectivity index (χ0v) is 33.7. The molecule has 1 radical (unpaired) electrons. The second-order valence-corrected chi connectivity index (χ2v) is 16.7. The van der Waals surface area contributed by atoms with Gasteiger partial charge in [-0.15, -0.1) is 46.3 Å². The second-order valence-electron chi connectivity index (χ2n) is 13.7. The van der Waals surface area contributed by atoms with Gasteiger partial charge in [-0.1, -0.05) is 73.4 Å². The molecule has 0 saturated heterocycles. The minimum Gasteiger partial charge on any atom is -0.512 e. The monoisotopic (exact) mass is 862 g/mol. The molecule has 4 aromatic heterocycles. The number of nitrogens with zero attached hydrogens (tertiary/aromatic N) is 2. The molecule has 47 heavy (non-hydrogen) atoms. The molecule has 6 rings (SSSR count). The summed E-state index contributed by atoms with van der Waals surface area (Å²) >= 11 is 5.37. The van der Waals surface area contributed by atoms with Crippen LogP contribution in [0, 0.1) is 16.9 Å². The van der Waals surface area contributed by atoms with Crippen molar-refractivity contribution in [2.24, 2.45) is 10.8 Å². The summed E-state index contributed by atoms with van der Waals surface area (Å²) in [4.78, 5) is 21.6. The van der Waals surface area contributed by atoms with E-state index in [0.717, 1.165) is 47.2 Å². The molecule has 0 fully saturated rings. The minimum atomic E-state index is -0.337. The van der Waals surface area contributed by atoms with Gasteiger partial charge in [-0.25, -0.2) is 4.98 Å². The van der Waals surface area contributed by atoms with Crippen LogP contribution in [0.2, 0.25) is 0 Å². The van der Waals surface area contributed by atoms with Gasteiger partial charge in [0, 0.05) is 62.2 Å². The fourth-order valence-electron chi connectivity index (χ4n) is 5.60. The molecular formula is C39H45IrN2O2S3-. The van der Waals surface area contributed by atoms with E-state index in [1.165, 1.54) is 41.9 Å². The number of aliphatic hydroxyl groups is 1. The van der Waals surface area contributed by atoms with Crippen LogP contribution in [0.15, 0.2) is 59.3 Å². The molecule has 4 nitrogen and oxygen atoms in total. The average molecular weight is 862 g/mol. The predicted octanol–water partition coefficient (Wildman–Crippen LogP) is 12.7. The number of fused-ring (bicyclic) bond motifs is 5. The Morgan fingerprint density at radius 1 is 0.851 bits per heavy atom. The number of thiophene rings is 3. The van der Waals surface area contributed by atoms with Crippen LogP contribution in [-0.4, -0.2) is 20.9 Å². The normalized spacial score (nSPS) is 12.8. The summed E-state index contributed by atoms with van der Waals surface area (Å²) in [6.07, 6.45) is 6.45. The maximum absolute atomic E-state index is 12.2. The van der Waals surface area contributed by atoms with Gasteiger partial charge in [0.25, 0.3) is 0 Å². The molecule has 6 aromatic rings. The first-order chi connectivity index (χ1) is 21.8. The van der Waals surface area contributed by atoms with Gasteiger partial charge in [0.15, 0.2) is 5.78 Å². The molecule has 8 heteroatoms. The van der Waals surface area contributed by atoms with Crippen molar-refractivity contribution in [3.8, 4) is 11.3 Å². The Labute approximate surface area is 304 Å². The summed E-state index contributed by atoms with van der Waals surface area (Å²) in [5.74, 6) is 0.286. The topological polar surface area (TPSA) is 63.1 Å². The molecular weight excluding hydrogens is 817 g/mol. The van der Waals surface area contributed by atoms with E-state index in [4.69, 9.17) is 4.98 Å². The van der Waals surface area contributed by atoms with Crippen molar-refractivity contribution in [2.45, 2.75) is 93.4 Å². The van der Waals surface area contributed by atoms with Crippen LogP contribution in [0.5, 0.6) is 0 Å². The number of rotatable bonds is 8. The van der Waals surface area contributed by atoms with E-state index in [2.05, 4.69) is 72.9 Å². The van der Waals surface area contributed by atoms with Gasteiger partial charge >= 0.3 is 0 Å². The number of benzene rings is 2. The Morgan fingerprint density at radius 3 is 2.15 bits per heavy atom. The van der Waals surface area contributed by atoms with Gasteiger partial charge in [0.05, 0.1) is 5.52 Å². The maximum atomic E-state index is 12.2. The molecule has 0 bridgehead atoms. The zero-order chi connectivity index (χ0) is 33.4. The largest absolute Gasteiger partial charge is 0.512 e. The number of carbonyl (C=O) groups is 1. The number of hydrogen-bond acceptors (Lipinski definition) is 7. The van der Waals surface area contributed by atoms with Gasteiger partial charge in [-0.3, -0.25) is 9.78 Å². The smallest absolute Gasteiger partial charge is 0.164 e. The van der Waals surface area contributed by atoms with E-state index >= 15 is 0 Å². The van der Waals surface area contributed by atoms with Gasteiger partial charge in [-0.05, 0) is 70.1 Å². The average Bonchev–Trinajstić information content (AvgIpc) is 3.80. The molecule has 0 saturated carbocycles. The van der Waals surface area contributed by atoms with Crippen molar-refractivity contribution in [3.63, 3.8) is 0 Å². The van der Waals surface area contributed by atoms with Crippen LogP contribution >= 0.6 is 34.0 Å². The third kappa shape index (κ3) is 7.28. The second kappa shape index (κ2) is 14.6. The molecule has 0 atom stereocenters. The SMILES string of the molecule is CC(C)(C)c1cc(-c2ncnc3c2sc2cc4sccc4cc23)[c-]c2ccsc12.CCC(C)(CC)C(=O)/C=C(\O)C(C)(CC)CC.[Ir]. The summed E-state index contributed by atoms with van der Waals surface area (Å²) < 4.78 is 5.05. The first kappa shape index (κ1) is 37.3. The summed E-state index contributed by atoms with van der Waals surface area (Å²) in [5, 5.41) is 18.1. The van der Waals surface area contributed by atoms with Crippen molar-refractivity contribution >= 4 is 80.3 Å². The molecule has 0 amide bonds. The number of aromatic nitrogens is 2. The third-order valence-corrected chi connectivity index (χ3v) is 12.9. The van der Waals surface area contributed by atoms with Crippen LogP contribution in [0.4, 0.5) is 0 Å². The fourth-order valence-corrected chi connectivity index (χ4v) is 8.74. The quantitative estimate of drug-likeness (QED) is 0.0941. The van der Waals surface area contributed by atoms with Crippen LogP contribution in [0.25, 0.3) is 51.7 Å².